The maximum atomic E-state index is 3.45. The smallest absolute Gasteiger partial charge is 0.0701 e. The molecule has 56 valence electrons. The summed E-state index contributed by atoms with van der Waals surface area (Å²) in [7, 11) is 0. The Morgan fingerprint density at radius 3 is 2.80 bits per heavy atom. The lowest BCUT2D eigenvalue weighted by Crippen LogP contribution is -1.85. The lowest BCUT2D eigenvalue weighted by atomic mass is 10.0. The summed E-state index contributed by atoms with van der Waals surface area (Å²) >= 11 is 5.21. The van der Waals surface area contributed by atoms with E-state index >= 15 is 0 Å². The number of hydrogen-bond acceptors (Lipinski definition) is 1. The zero-order valence-corrected chi connectivity index (χ0v) is 8.63. The number of hydrogen-bond donors (Lipinski definition) is 0. The third-order valence-corrected chi connectivity index (χ3v) is 3.29. The predicted molar refractivity (Wildman–Crippen MR) is 50.7 cm³/mol. The Labute approximate surface area is 74.4 Å². The molecule has 0 aromatic carbocycles. The maximum Gasteiger partial charge on any atom is 0.0701 e. The summed E-state index contributed by atoms with van der Waals surface area (Å²) < 4.78 is 1.24. The van der Waals surface area contributed by atoms with Crippen LogP contribution in [-0.2, 0) is 0 Å². The molecule has 0 aliphatic carbocycles. The summed E-state index contributed by atoms with van der Waals surface area (Å²) in [6.07, 6.45) is 1.23. The third-order valence-electron chi connectivity index (χ3n) is 1.77. The van der Waals surface area contributed by atoms with Crippen molar-refractivity contribution in [2.24, 2.45) is 0 Å². The van der Waals surface area contributed by atoms with Crippen LogP contribution in [0.3, 0.4) is 0 Å². The Kier molecular flexibility index (Phi) is 2.93. The molecule has 0 bridgehead atoms. The number of halogens is 1. The molecule has 1 aromatic rings. The van der Waals surface area contributed by atoms with Gasteiger partial charge in [0.05, 0.1) is 3.79 Å². The summed E-state index contributed by atoms with van der Waals surface area (Å²) in [4.78, 5) is 0. The fourth-order valence-electron chi connectivity index (χ4n) is 0.818. The molecule has 0 nitrogen and oxygen atoms in total. The molecule has 1 unspecified atom stereocenters. The largest absolute Gasteiger partial charge is 0.137 e. The molecule has 1 heterocycles. The number of rotatable bonds is 2. The van der Waals surface area contributed by atoms with Crippen molar-refractivity contribution in [3.05, 3.63) is 20.8 Å². The minimum absolute atomic E-state index is 0.711. The molecule has 0 fully saturated rings. The van der Waals surface area contributed by atoms with Gasteiger partial charge >= 0.3 is 0 Å². The van der Waals surface area contributed by atoms with Crippen LogP contribution in [0.5, 0.6) is 0 Å². The van der Waals surface area contributed by atoms with Gasteiger partial charge in [-0.25, -0.2) is 0 Å². The average Bonchev–Trinajstić information content (AvgIpc) is 2.34. The Morgan fingerprint density at radius 1 is 1.70 bits per heavy atom. The van der Waals surface area contributed by atoms with Gasteiger partial charge in [-0.3, -0.25) is 0 Å². The van der Waals surface area contributed by atoms with Crippen molar-refractivity contribution in [1.29, 1.82) is 0 Å². The molecule has 0 aliphatic heterocycles. The molecule has 0 saturated carbocycles. The Morgan fingerprint density at radius 2 is 2.40 bits per heavy atom. The molecule has 1 aromatic heterocycles. The second-order valence-electron chi connectivity index (χ2n) is 2.49. The highest BCUT2D eigenvalue weighted by Gasteiger charge is 2.03. The van der Waals surface area contributed by atoms with Crippen LogP contribution in [0.4, 0.5) is 0 Å². The first-order valence-corrected chi connectivity index (χ1v) is 5.15. The van der Waals surface area contributed by atoms with Gasteiger partial charge in [-0.15, -0.1) is 11.3 Å². The molecule has 10 heavy (non-hydrogen) atoms. The van der Waals surface area contributed by atoms with Crippen LogP contribution in [0.2, 0.25) is 0 Å². The second-order valence-corrected chi connectivity index (χ2v) is 4.78. The van der Waals surface area contributed by atoms with Gasteiger partial charge in [-0.1, -0.05) is 13.8 Å². The van der Waals surface area contributed by atoms with Crippen molar-refractivity contribution in [3.63, 3.8) is 0 Å². The first-order valence-electron chi connectivity index (χ1n) is 3.48. The van der Waals surface area contributed by atoms with E-state index in [0.717, 1.165) is 0 Å². The van der Waals surface area contributed by atoms with Crippen LogP contribution in [0, 0.1) is 0 Å². The predicted octanol–water partition coefficient (Wildman–Crippen LogP) is 4.02. The van der Waals surface area contributed by atoms with E-state index in [4.69, 9.17) is 0 Å². The lowest BCUT2D eigenvalue weighted by molar-refractivity contribution is 0.736. The van der Waals surface area contributed by atoms with Gasteiger partial charge in [-0.2, -0.15) is 0 Å². The topological polar surface area (TPSA) is 0 Å². The fraction of sp³-hybridized carbons (Fsp3) is 0.500. The van der Waals surface area contributed by atoms with E-state index < -0.39 is 0 Å². The van der Waals surface area contributed by atoms with Gasteiger partial charge in [-0.05, 0) is 45.3 Å². The molecule has 0 saturated heterocycles. The summed E-state index contributed by atoms with van der Waals surface area (Å²) in [6.45, 7) is 4.48. The summed E-state index contributed by atoms with van der Waals surface area (Å²) in [6, 6.07) is 2.21. The third kappa shape index (κ3) is 1.83. The molecule has 1 rings (SSSR count). The van der Waals surface area contributed by atoms with E-state index in [-0.39, 0.29) is 0 Å². The van der Waals surface area contributed by atoms with Gasteiger partial charge in [0.2, 0.25) is 0 Å². The first-order chi connectivity index (χ1) is 4.74. The van der Waals surface area contributed by atoms with E-state index in [1.165, 1.54) is 15.8 Å². The average molecular weight is 219 g/mol. The molecule has 0 amide bonds. The van der Waals surface area contributed by atoms with Crippen molar-refractivity contribution in [2.75, 3.05) is 0 Å². The molecule has 0 N–H and O–H groups in total. The Hall–Kier alpha value is 0.180. The van der Waals surface area contributed by atoms with Crippen LogP contribution in [0.25, 0.3) is 0 Å². The molecule has 2 heteroatoms. The van der Waals surface area contributed by atoms with Crippen LogP contribution in [0.15, 0.2) is 15.2 Å². The summed E-state index contributed by atoms with van der Waals surface area (Å²) in [5, 5.41) is 2.22. The standard InChI is InChI=1S/C8H11BrS/c1-3-6(2)7-4-8(9)10-5-7/h4-6H,3H2,1-2H3. The van der Waals surface area contributed by atoms with E-state index in [1.807, 2.05) is 0 Å². The van der Waals surface area contributed by atoms with Crippen molar-refractivity contribution in [1.82, 2.24) is 0 Å². The Bertz CT molecular complexity index is 205. The zero-order chi connectivity index (χ0) is 7.56. The minimum Gasteiger partial charge on any atom is -0.137 e. The fourth-order valence-corrected chi connectivity index (χ4v) is 2.12. The normalized spacial score (nSPS) is 13.5. The van der Waals surface area contributed by atoms with Crippen molar-refractivity contribution in [2.45, 2.75) is 26.2 Å². The monoisotopic (exact) mass is 218 g/mol. The molecular weight excluding hydrogens is 208 g/mol. The first kappa shape index (κ1) is 8.28. The quantitative estimate of drug-likeness (QED) is 0.704. The van der Waals surface area contributed by atoms with E-state index in [1.54, 1.807) is 11.3 Å². The van der Waals surface area contributed by atoms with Crippen molar-refractivity contribution >= 4 is 27.3 Å². The molecular formula is C8H11BrS. The summed E-state index contributed by atoms with van der Waals surface area (Å²) in [5.41, 5.74) is 1.46. The van der Waals surface area contributed by atoms with E-state index in [2.05, 4.69) is 41.2 Å². The summed E-state index contributed by atoms with van der Waals surface area (Å²) in [5.74, 6) is 0.711. The van der Waals surface area contributed by atoms with Gasteiger partial charge in [0.15, 0.2) is 0 Å². The minimum atomic E-state index is 0.711. The van der Waals surface area contributed by atoms with Crippen molar-refractivity contribution in [3.8, 4) is 0 Å². The van der Waals surface area contributed by atoms with E-state index in [0.29, 0.717) is 5.92 Å². The van der Waals surface area contributed by atoms with Gasteiger partial charge in [0.25, 0.3) is 0 Å². The van der Waals surface area contributed by atoms with Crippen LogP contribution in [0.1, 0.15) is 31.7 Å². The SMILES string of the molecule is CCC(C)c1csc(Br)c1. The van der Waals surface area contributed by atoms with Crippen LogP contribution in [-0.4, -0.2) is 0 Å². The van der Waals surface area contributed by atoms with E-state index in [9.17, 15) is 0 Å². The zero-order valence-electron chi connectivity index (χ0n) is 6.23. The molecule has 0 aliphatic rings. The molecule has 0 spiro atoms. The number of thiophene rings is 1. The van der Waals surface area contributed by atoms with Crippen LogP contribution < -0.4 is 0 Å². The van der Waals surface area contributed by atoms with Crippen LogP contribution >= 0.6 is 27.3 Å². The second kappa shape index (κ2) is 3.54. The lowest BCUT2D eigenvalue weighted by Gasteiger charge is -2.02. The van der Waals surface area contributed by atoms with Gasteiger partial charge < -0.3 is 0 Å². The maximum absolute atomic E-state index is 3.45. The van der Waals surface area contributed by atoms with Gasteiger partial charge in [0, 0.05) is 0 Å². The van der Waals surface area contributed by atoms with Crippen molar-refractivity contribution < 1.29 is 0 Å². The molecule has 1 atom stereocenters. The highest BCUT2D eigenvalue weighted by molar-refractivity contribution is 9.11. The highest BCUT2D eigenvalue weighted by atomic mass is 79.9. The van der Waals surface area contributed by atoms with Gasteiger partial charge in [0.1, 0.15) is 0 Å². The molecule has 0 radical (unpaired) electrons. The Balaban J connectivity index is 2.74. The highest BCUT2D eigenvalue weighted by Crippen LogP contribution is 2.27.